The Bertz CT molecular complexity index is 318. The average molecular weight is 209 g/mol. The molecule has 0 aromatic heterocycles. The second-order valence-electron chi connectivity index (χ2n) is 3.57. The van der Waals surface area contributed by atoms with Gasteiger partial charge in [-0.3, -0.25) is 4.79 Å². The van der Waals surface area contributed by atoms with Gasteiger partial charge in [-0.1, -0.05) is 23.8 Å². The molecule has 0 aliphatic heterocycles. The third-order valence-electron chi connectivity index (χ3n) is 2.23. The van der Waals surface area contributed by atoms with Gasteiger partial charge in [0, 0.05) is 6.92 Å². The first-order chi connectivity index (χ1) is 7.09. The molecule has 0 heterocycles. The minimum Gasteiger partial charge on any atom is -0.480 e. The lowest BCUT2D eigenvalue weighted by Crippen LogP contribution is -2.39. The highest BCUT2D eigenvalue weighted by molar-refractivity contribution is 5.82. The van der Waals surface area contributed by atoms with Crippen LogP contribution in [0.15, 0.2) is 23.8 Å². The summed E-state index contributed by atoms with van der Waals surface area (Å²) >= 11 is 0. The third kappa shape index (κ3) is 3.97. The molecule has 0 aromatic rings. The van der Waals surface area contributed by atoms with Crippen molar-refractivity contribution < 1.29 is 14.7 Å². The predicted molar refractivity (Wildman–Crippen MR) is 56.3 cm³/mol. The smallest absolute Gasteiger partial charge is 0.326 e. The number of carbonyl (C=O) groups is 2. The molecule has 0 bridgehead atoms. The number of nitrogens with one attached hydrogen (secondary N) is 1. The molecule has 1 atom stereocenters. The van der Waals surface area contributed by atoms with Crippen molar-refractivity contribution in [3.05, 3.63) is 23.8 Å². The molecule has 4 nitrogen and oxygen atoms in total. The molecule has 0 aromatic carbocycles. The number of carbonyl (C=O) groups excluding carboxylic acids is 1. The van der Waals surface area contributed by atoms with Crippen LogP contribution < -0.4 is 5.32 Å². The molecule has 0 spiro atoms. The zero-order chi connectivity index (χ0) is 11.3. The lowest BCUT2D eigenvalue weighted by atomic mass is 9.98. The molecule has 1 aliphatic rings. The Kier molecular flexibility index (Phi) is 4.09. The summed E-state index contributed by atoms with van der Waals surface area (Å²) in [6.45, 7) is 1.32. The molecule has 0 fully saturated rings. The van der Waals surface area contributed by atoms with Crippen molar-refractivity contribution >= 4 is 11.9 Å². The van der Waals surface area contributed by atoms with Gasteiger partial charge in [0.25, 0.3) is 0 Å². The van der Waals surface area contributed by atoms with E-state index >= 15 is 0 Å². The molecule has 82 valence electrons. The van der Waals surface area contributed by atoms with Gasteiger partial charge in [-0.15, -0.1) is 0 Å². The van der Waals surface area contributed by atoms with Crippen LogP contribution in [0.1, 0.15) is 26.2 Å². The Morgan fingerprint density at radius 1 is 1.53 bits per heavy atom. The fourth-order valence-electron chi connectivity index (χ4n) is 1.52. The van der Waals surface area contributed by atoms with Gasteiger partial charge in [-0.05, 0) is 19.3 Å². The van der Waals surface area contributed by atoms with Gasteiger partial charge in [0.2, 0.25) is 5.91 Å². The molecular weight excluding hydrogens is 194 g/mol. The van der Waals surface area contributed by atoms with Gasteiger partial charge in [-0.25, -0.2) is 4.79 Å². The quantitative estimate of drug-likeness (QED) is 0.684. The summed E-state index contributed by atoms with van der Waals surface area (Å²) in [6, 6.07) is -0.805. The van der Waals surface area contributed by atoms with Crippen LogP contribution in [0.2, 0.25) is 0 Å². The summed E-state index contributed by atoms with van der Waals surface area (Å²) in [5.74, 6) is -1.30. The Hall–Kier alpha value is -1.58. The number of rotatable bonds is 4. The Labute approximate surface area is 88.7 Å². The van der Waals surface area contributed by atoms with E-state index < -0.39 is 12.0 Å². The molecule has 1 aliphatic carbocycles. The molecule has 0 saturated carbocycles. The van der Waals surface area contributed by atoms with Gasteiger partial charge in [-0.2, -0.15) is 0 Å². The Balaban J connectivity index is 2.54. The maximum Gasteiger partial charge on any atom is 0.326 e. The predicted octanol–water partition coefficient (Wildman–Crippen LogP) is 1.24. The Morgan fingerprint density at radius 3 is 2.73 bits per heavy atom. The summed E-state index contributed by atoms with van der Waals surface area (Å²) in [5.41, 5.74) is 1.07. The van der Waals surface area contributed by atoms with Crippen molar-refractivity contribution in [3.63, 3.8) is 0 Å². The van der Waals surface area contributed by atoms with Crippen molar-refractivity contribution in [2.45, 2.75) is 32.2 Å². The van der Waals surface area contributed by atoms with Crippen molar-refractivity contribution in [1.29, 1.82) is 0 Å². The minimum absolute atomic E-state index is 0.311. The first kappa shape index (κ1) is 11.5. The van der Waals surface area contributed by atoms with Crippen LogP contribution in [-0.4, -0.2) is 23.0 Å². The van der Waals surface area contributed by atoms with Crippen molar-refractivity contribution in [2.75, 3.05) is 0 Å². The second-order valence-corrected chi connectivity index (χ2v) is 3.57. The first-order valence-electron chi connectivity index (χ1n) is 4.92. The molecule has 0 saturated heterocycles. The summed E-state index contributed by atoms with van der Waals surface area (Å²) in [5, 5.41) is 11.3. The highest BCUT2D eigenvalue weighted by atomic mass is 16.4. The number of hydrogen-bond donors (Lipinski definition) is 2. The van der Waals surface area contributed by atoms with E-state index in [9.17, 15) is 9.59 Å². The number of hydrogen-bond acceptors (Lipinski definition) is 2. The van der Waals surface area contributed by atoms with Crippen molar-refractivity contribution in [3.8, 4) is 0 Å². The molecule has 1 amide bonds. The van der Waals surface area contributed by atoms with Crippen molar-refractivity contribution in [2.24, 2.45) is 0 Å². The van der Waals surface area contributed by atoms with E-state index in [1.54, 1.807) is 0 Å². The third-order valence-corrected chi connectivity index (χ3v) is 2.23. The molecule has 4 heteroatoms. The van der Waals surface area contributed by atoms with Crippen LogP contribution in [0.3, 0.4) is 0 Å². The summed E-state index contributed by atoms with van der Waals surface area (Å²) in [7, 11) is 0. The normalized spacial score (nSPS) is 16.7. The topological polar surface area (TPSA) is 66.4 Å². The molecular formula is C11H15NO3. The molecule has 15 heavy (non-hydrogen) atoms. The second kappa shape index (κ2) is 5.34. The highest BCUT2D eigenvalue weighted by Gasteiger charge is 2.19. The first-order valence-corrected chi connectivity index (χ1v) is 4.92. The van der Waals surface area contributed by atoms with Gasteiger partial charge < -0.3 is 10.4 Å². The highest BCUT2D eigenvalue weighted by Crippen LogP contribution is 2.16. The standard InChI is InChI=1S/C11H15NO3/c1-8(13)12-10(11(14)15)7-9-5-3-2-4-6-9/h2-3,6,10H,4-5,7H2,1H3,(H,12,13)(H,14,15)/t10-/m0/s1. The molecule has 0 unspecified atom stereocenters. The zero-order valence-electron chi connectivity index (χ0n) is 8.69. The maximum absolute atomic E-state index is 10.8. The lowest BCUT2D eigenvalue weighted by Gasteiger charge is -2.16. The monoisotopic (exact) mass is 209 g/mol. The van der Waals surface area contributed by atoms with E-state index in [1.165, 1.54) is 6.92 Å². The van der Waals surface area contributed by atoms with Crippen molar-refractivity contribution in [1.82, 2.24) is 5.32 Å². The average Bonchev–Trinajstić information content (AvgIpc) is 2.17. The van der Waals surface area contributed by atoms with E-state index in [1.807, 2.05) is 18.2 Å². The largest absolute Gasteiger partial charge is 0.480 e. The number of aliphatic carboxylic acids is 1. The molecule has 0 radical (unpaired) electrons. The lowest BCUT2D eigenvalue weighted by molar-refractivity contribution is -0.141. The zero-order valence-corrected chi connectivity index (χ0v) is 8.69. The number of carboxylic acid groups (broad SMARTS) is 1. The summed E-state index contributed by atoms with van der Waals surface area (Å²) in [4.78, 5) is 21.6. The van der Waals surface area contributed by atoms with Crippen LogP contribution >= 0.6 is 0 Å². The fraction of sp³-hybridized carbons (Fsp3) is 0.455. The Morgan fingerprint density at radius 2 is 2.27 bits per heavy atom. The van der Waals surface area contributed by atoms with Crippen LogP contribution in [0.4, 0.5) is 0 Å². The van der Waals surface area contributed by atoms with Gasteiger partial charge in [0.15, 0.2) is 0 Å². The van der Waals surface area contributed by atoms with Crippen LogP contribution in [-0.2, 0) is 9.59 Å². The summed E-state index contributed by atoms with van der Waals surface area (Å²) in [6.07, 6.45) is 8.09. The fourth-order valence-corrected chi connectivity index (χ4v) is 1.52. The maximum atomic E-state index is 10.8. The molecule has 2 N–H and O–H groups in total. The summed E-state index contributed by atoms with van der Waals surface area (Å²) < 4.78 is 0. The van der Waals surface area contributed by atoms with E-state index in [0.717, 1.165) is 18.4 Å². The van der Waals surface area contributed by atoms with E-state index in [4.69, 9.17) is 5.11 Å². The SMILES string of the molecule is CC(=O)N[C@@H](CC1=CCC=CC1)C(=O)O. The number of amides is 1. The van der Waals surface area contributed by atoms with Gasteiger partial charge in [0.1, 0.15) is 6.04 Å². The molecule has 1 rings (SSSR count). The van der Waals surface area contributed by atoms with Gasteiger partial charge in [0.05, 0.1) is 0 Å². The van der Waals surface area contributed by atoms with E-state index in [-0.39, 0.29) is 5.91 Å². The number of carboxylic acids is 1. The van der Waals surface area contributed by atoms with Crippen LogP contribution in [0.5, 0.6) is 0 Å². The van der Waals surface area contributed by atoms with Gasteiger partial charge >= 0.3 is 5.97 Å². The van der Waals surface area contributed by atoms with Crippen LogP contribution in [0.25, 0.3) is 0 Å². The van der Waals surface area contributed by atoms with E-state index in [0.29, 0.717) is 6.42 Å². The minimum atomic E-state index is -0.986. The number of allylic oxidation sites excluding steroid dienone is 3. The van der Waals surface area contributed by atoms with Crippen LogP contribution in [0, 0.1) is 0 Å². The van der Waals surface area contributed by atoms with E-state index in [2.05, 4.69) is 5.32 Å².